The van der Waals surface area contributed by atoms with E-state index in [1.807, 2.05) is 72.3 Å². The van der Waals surface area contributed by atoms with Crippen molar-refractivity contribution in [2.24, 2.45) is 0 Å². The summed E-state index contributed by atoms with van der Waals surface area (Å²) in [6.07, 6.45) is 0. The van der Waals surface area contributed by atoms with Crippen LogP contribution in [0.1, 0.15) is 35.0 Å². The van der Waals surface area contributed by atoms with E-state index in [1.54, 1.807) is 0 Å². The van der Waals surface area contributed by atoms with Crippen LogP contribution in [-0.4, -0.2) is 20.7 Å². The zero-order chi connectivity index (χ0) is 24.4. The third-order valence-corrected chi connectivity index (χ3v) is 6.38. The molecule has 0 saturated heterocycles. The first kappa shape index (κ1) is 22.8. The molecule has 0 aliphatic carbocycles. The Kier molecular flexibility index (Phi) is 6.10. The Morgan fingerprint density at radius 1 is 0.886 bits per heavy atom. The molecule has 3 aromatic carbocycles. The summed E-state index contributed by atoms with van der Waals surface area (Å²) < 4.78 is 7.33. The molecule has 0 aliphatic heterocycles. The molecule has 5 rings (SSSR count). The molecule has 5 nitrogen and oxygen atoms in total. The van der Waals surface area contributed by atoms with Gasteiger partial charge in [0.1, 0.15) is 17.3 Å². The average Bonchev–Trinajstić information content (AvgIpc) is 3.21. The lowest BCUT2D eigenvalue weighted by Crippen LogP contribution is -2.38. The molecule has 0 unspecified atom stereocenters. The molecular formula is C29H24ClN3O2. The van der Waals surface area contributed by atoms with E-state index in [-0.39, 0.29) is 12.6 Å². The van der Waals surface area contributed by atoms with Gasteiger partial charge in [0.25, 0.3) is 0 Å². The van der Waals surface area contributed by atoms with Crippen LogP contribution in [0.15, 0.2) is 97.1 Å². The van der Waals surface area contributed by atoms with Gasteiger partial charge in [0.2, 0.25) is 0 Å². The summed E-state index contributed by atoms with van der Waals surface area (Å²) in [5.74, 6) is -0.378. The van der Waals surface area contributed by atoms with E-state index in [2.05, 4.69) is 41.4 Å². The normalized spacial score (nSPS) is 11.5. The van der Waals surface area contributed by atoms with Crippen molar-refractivity contribution in [3.05, 3.63) is 130 Å². The van der Waals surface area contributed by atoms with Crippen LogP contribution in [0.3, 0.4) is 0 Å². The second-order valence-corrected chi connectivity index (χ2v) is 8.76. The molecule has 0 atom stereocenters. The molecule has 35 heavy (non-hydrogen) atoms. The van der Waals surface area contributed by atoms with E-state index >= 15 is 0 Å². The lowest BCUT2D eigenvalue weighted by molar-refractivity contribution is -0.142. The van der Waals surface area contributed by atoms with Crippen molar-refractivity contribution in [1.29, 1.82) is 0 Å². The minimum absolute atomic E-state index is 0.0218. The molecule has 6 heteroatoms. The predicted molar refractivity (Wildman–Crippen MR) is 137 cm³/mol. The molecule has 0 spiro atoms. The van der Waals surface area contributed by atoms with Gasteiger partial charge in [-0.15, -0.1) is 0 Å². The number of ether oxygens (including phenoxy) is 1. The number of benzene rings is 3. The highest BCUT2D eigenvalue weighted by Gasteiger charge is 2.41. The van der Waals surface area contributed by atoms with Crippen LogP contribution in [0.25, 0.3) is 10.9 Å². The molecule has 174 valence electrons. The molecule has 0 amide bonds. The maximum Gasteiger partial charge on any atom is 0.303 e. The van der Waals surface area contributed by atoms with Crippen molar-refractivity contribution in [2.75, 3.05) is 0 Å². The molecule has 0 saturated carbocycles. The fourth-order valence-electron chi connectivity index (χ4n) is 4.80. The largest absolute Gasteiger partial charge is 0.459 e. The highest BCUT2D eigenvalue weighted by atomic mass is 35.5. The van der Waals surface area contributed by atoms with Gasteiger partial charge in [-0.3, -0.25) is 4.79 Å². The lowest BCUT2D eigenvalue weighted by Gasteiger charge is -2.37. The summed E-state index contributed by atoms with van der Waals surface area (Å²) in [5.41, 5.74) is 4.53. The summed E-state index contributed by atoms with van der Waals surface area (Å²) in [7, 11) is 0. The molecule has 5 aromatic rings. The van der Waals surface area contributed by atoms with Gasteiger partial charge >= 0.3 is 5.97 Å². The van der Waals surface area contributed by atoms with E-state index in [0.29, 0.717) is 10.8 Å². The van der Waals surface area contributed by atoms with Gasteiger partial charge in [0, 0.05) is 18.4 Å². The minimum atomic E-state index is -0.792. The van der Waals surface area contributed by atoms with E-state index in [0.717, 1.165) is 33.3 Å². The summed E-state index contributed by atoms with van der Waals surface area (Å²) >= 11 is 6.52. The zero-order valence-electron chi connectivity index (χ0n) is 19.5. The second-order valence-electron chi connectivity index (χ2n) is 8.37. The Labute approximate surface area is 209 Å². The van der Waals surface area contributed by atoms with Gasteiger partial charge in [-0.1, -0.05) is 103 Å². The van der Waals surface area contributed by atoms with Crippen molar-refractivity contribution < 1.29 is 9.53 Å². The summed E-state index contributed by atoms with van der Waals surface area (Å²) in [5, 5.41) is 6.23. The number of hydrogen-bond acceptors (Lipinski definition) is 4. The third-order valence-electron chi connectivity index (χ3n) is 6.19. The first-order chi connectivity index (χ1) is 17.0. The quantitative estimate of drug-likeness (QED) is 0.162. The van der Waals surface area contributed by atoms with Crippen LogP contribution in [0, 0.1) is 6.92 Å². The standard InChI is InChI=1S/C29H24ClN3O2/c1-20-28-25(19-35-21(2)34)31-27(30)18-26(28)33(32-20)29(22-12-6-3-7-13-22,23-14-8-4-9-15-23)24-16-10-5-11-17-24/h3-18H,19H2,1-2H3. The van der Waals surface area contributed by atoms with E-state index in [4.69, 9.17) is 21.4 Å². The maximum absolute atomic E-state index is 11.5. The summed E-state index contributed by atoms with van der Waals surface area (Å²) in [4.78, 5) is 16.0. The molecule has 0 fully saturated rings. The molecule has 2 heterocycles. The zero-order valence-corrected chi connectivity index (χ0v) is 20.2. The highest BCUT2D eigenvalue weighted by molar-refractivity contribution is 6.30. The van der Waals surface area contributed by atoms with Gasteiger partial charge in [-0.2, -0.15) is 5.10 Å². The van der Waals surface area contributed by atoms with Crippen molar-refractivity contribution in [1.82, 2.24) is 14.8 Å². The van der Waals surface area contributed by atoms with Crippen molar-refractivity contribution in [3.63, 3.8) is 0 Å². The number of esters is 1. The first-order valence-electron chi connectivity index (χ1n) is 11.4. The fraction of sp³-hybridized carbons (Fsp3) is 0.138. The van der Waals surface area contributed by atoms with Crippen LogP contribution in [-0.2, 0) is 21.7 Å². The Balaban J connectivity index is 1.92. The Morgan fingerprint density at radius 2 is 1.37 bits per heavy atom. The van der Waals surface area contributed by atoms with Gasteiger partial charge in [-0.05, 0) is 23.6 Å². The van der Waals surface area contributed by atoms with Crippen LogP contribution >= 0.6 is 11.6 Å². The van der Waals surface area contributed by atoms with E-state index in [9.17, 15) is 4.79 Å². The minimum Gasteiger partial charge on any atom is -0.459 e. The van der Waals surface area contributed by atoms with E-state index in [1.165, 1.54) is 6.92 Å². The van der Waals surface area contributed by atoms with Crippen molar-refractivity contribution in [2.45, 2.75) is 26.0 Å². The number of fused-ring (bicyclic) bond motifs is 1. The number of rotatable bonds is 6. The monoisotopic (exact) mass is 481 g/mol. The number of halogens is 1. The van der Waals surface area contributed by atoms with Crippen LogP contribution in [0.2, 0.25) is 5.15 Å². The lowest BCUT2D eigenvalue weighted by atomic mass is 9.77. The predicted octanol–water partition coefficient (Wildman–Crippen LogP) is 6.30. The molecule has 0 N–H and O–H groups in total. The molecule has 0 bridgehead atoms. The second kappa shape index (κ2) is 9.35. The van der Waals surface area contributed by atoms with Crippen LogP contribution in [0.5, 0.6) is 0 Å². The number of nitrogens with zero attached hydrogens (tertiary/aromatic N) is 3. The number of pyridine rings is 1. The van der Waals surface area contributed by atoms with Gasteiger partial charge in [0.15, 0.2) is 0 Å². The SMILES string of the molecule is CC(=O)OCc1nc(Cl)cc2c1c(C)nn2C(c1ccccc1)(c1ccccc1)c1ccccc1. The highest BCUT2D eigenvalue weighted by Crippen LogP contribution is 2.43. The Bertz CT molecular complexity index is 1390. The van der Waals surface area contributed by atoms with Crippen LogP contribution < -0.4 is 0 Å². The third kappa shape index (κ3) is 3.98. The molecule has 0 radical (unpaired) electrons. The number of carbonyl (C=O) groups excluding carboxylic acids is 1. The number of hydrogen-bond donors (Lipinski definition) is 0. The van der Waals surface area contributed by atoms with Crippen molar-refractivity contribution in [3.8, 4) is 0 Å². The summed E-state index contributed by atoms with van der Waals surface area (Å²) in [6, 6.07) is 32.8. The number of aryl methyl sites for hydroxylation is 1. The number of aromatic nitrogens is 3. The topological polar surface area (TPSA) is 57.0 Å². The fourth-order valence-corrected chi connectivity index (χ4v) is 5.01. The van der Waals surface area contributed by atoms with Gasteiger partial charge < -0.3 is 4.74 Å². The Hall–Kier alpha value is -3.96. The smallest absolute Gasteiger partial charge is 0.303 e. The van der Waals surface area contributed by atoms with Crippen LogP contribution in [0.4, 0.5) is 0 Å². The molecule has 2 aromatic heterocycles. The van der Waals surface area contributed by atoms with Gasteiger partial charge in [-0.25, -0.2) is 9.67 Å². The maximum atomic E-state index is 11.5. The van der Waals surface area contributed by atoms with E-state index < -0.39 is 5.54 Å². The van der Waals surface area contributed by atoms with Crippen molar-refractivity contribution >= 4 is 28.5 Å². The summed E-state index contributed by atoms with van der Waals surface area (Å²) in [6.45, 7) is 3.34. The van der Waals surface area contributed by atoms with Gasteiger partial charge in [0.05, 0.1) is 16.9 Å². The average molecular weight is 482 g/mol. The molecular weight excluding hydrogens is 458 g/mol. The first-order valence-corrected chi connectivity index (χ1v) is 11.7. The Morgan fingerprint density at radius 3 is 1.83 bits per heavy atom. The number of carbonyl (C=O) groups is 1. The molecule has 0 aliphatic rings.